The van der Waals surface area contributed by atoms with Crippen LogP contribution in [0.3, 0.4) is 0 Å². The molecule has 1 atom stereocenters. The molecule has 0 radical (unpaired) electrons. The lowest BCUT2D eigenvalue weighted by Gasteiger charge is -2.13. The van der Waals surface area contributed by atoms with Gasteiger partial charge in [0.25, 0.3) is 0 Å². The molecule has 2 heteroatoms. The van der Waals surface area contributed by atoms with Gasteiger partial charge < -0.3 is 5.32 Å². The van der Waals surface area contributed by atoms with Gasteiger partial charge in [-0.15, -0.1) is 6.58 Å². The van der Waals surface area contributed by atoms with Gasteiger partial charge in [0.2, 0.25) is 0 Å². The molecule has 13 heavy (non-hydrogen) atoms. The Morgan fingerprint density at radius 2 is 2.08 bits per heavy atom. The first kappa shape index (κ1) is 9.93. The molecule has 0 aliphatic carbocycles. The van der Waals surface area contributed by atoms with Gasteiger partial charge in [0, 0.05) is 6.04 Å². The lowest BCUT2D eigenvalue weighted by Crippen LogP contribution is -2.15. The zero-order valence-electron chi connectivity index (χ0n) is 7.76. The molecule has 1 aromatic carbocycles. The van der Waals surface area contributed by atoms with E-state index < -0.39 is 0 Å². The van der Waals surface area contributed by atoms with Gasteiger partial charge in [0.05, 0.1) is 0 Å². The van der Waals surface area contributed by atoms with Crippen molar-refractivity contribution < 1.29 is 4.39 Å². The lowest BCUT2D eigenvalue weighted by atomic mass is 10.0. The minimum Gasteiger partial charge on any atom is -0.313 e. The van der Waals surface area contributed by atoms with Gasteiger partial charge in [-0.25, -0.2) is 4.39 Å². The minimum atomic E-state index is -0.197. The summed E-state index contributed by atoms with van der Waals surface area (Å²) in [5.74, 6) is -0.197. The summed E-state index contributed by atoms with van der Waals surface area (Å²) < 4.78 is 12.6. The van der Waals surface area contributed by atoms with Gasteiger partial charge in [0.1, 0.15) is 5.82 Å². The van der Waals surface area contributed by atoms with E-state index in [0.717, 1.165) is 12.0 Å². The maximum Gasteiger partial charge on any atom is 0.123 e. The van der Waals surface area contributed by atoms with Crippen molar-refractivity contribution in [3.63, 3.8) is 0 Å². The topological polar surface area (TPSA) is 12.0 Å². The van der Waals surface area contributed by atoms with E-state index in [1.807, 2.05) is 13.1 Å². The summed E-state index contributed by atoms with van der Waals surface area (Å²) in [5.41, 5.74) is 1.09. The Bertz CT molecular complexity index is 266. The zero-order valence-corrected chi connectivity index (χ0v) is 7.76. The van der Waals surface area contributed by atoms with Crippen molar-refractivity contribution >= 4 is 0 Å². The van der Waals surface area contributed by atoms with E-state index in [4.69, 9.17) is 0 Å². The first-order valence-corrected chi connectivity index (χ1v) is 4.31. The monoisotopic (exact) mass is 179 g/mol. The molecule has 1 nitrogen and oxygen atoms in total. The molecule has 1 N–H and O–H groups in total. The molecule has 0 aromatic heterocycles. The second-order valence-electron chi connectivity index (χ2n) is 2.92. The zero-order chi connectivity index (χ0) is 9.68. The summed E-state index contributed by atoms with van der Waals surface area (Å²) in [6.45, 7) is 3.68. The molecule has 1 rings (SSSR count). The van der Waals surface area contributed by atoms with E-state index in [-0.39, 0.29) is 11.9 Å². The number of hydrogen-bond acceptors (Lipinski definition) is 1. The van der Waals surface area contributed by atoms with Gasteiger partial charge in [-0.05, 0) is 31.2 Å². The Morgan fingerprint density at radius 3 is 2.54 bits per heavy atom. The molecule has 0 spiro atoms. The van der Waals surface area contributed by atoms with Crippen LogP contribution in [0.25, 0.3) is 0 Å². The molecule has 0 aliphatic rings. The van der Waals surface area contributed by atoms with E-state index in [0.29, 0.717) is 0 Å². The fraction of sp³-hybridized carbons (Fsp3) is 0.273. The fourth-order valence-electron chi connectivity index (χ4n) is 1.28. The van der Waals surface area contributed by atoms with E-state index >= 15 is 0 Å². The number of benzene rings is 1. The van der Waals surface area contributed by atoms with Crippen LogP contribution >= 0.6 is 0 Å². The third kappa shape index (κ3) is 2.67. The molecular weight excluding hydrogens is 165 g/mol. The highest BCUT2D eigenvalue weighted by Crippen LogP contribution is 2.16. The Balaban J connectivity index is 2.78. The predicted molar refractivity (Wildman–Crippen MR) is 53.0 cm³/mol. The highest BCUT2D eigenvalue weighted by Gasteiger charge is 2.05. The second-order valence-corrected chi connectivity index (χ2v) is 2.92. The first-order chi connectivity index (χ1) is 6.27. The normalized spacial score (nSPS) is 12.5. The summed E-state index contributed by atoms with van der Waals surface area (Å²) in [6.07, 6.45) is 2.70. The first-order valence-electron chi connectivity index (χ1n) is 4.31. The van der Waals surface area contributed by atoms with Gasteiger partial charge >= 0.3 is 0 Å². The van der Waals surface area contributed by atoms with Crippen LogP contribution in [0.4, 0.5) is 4.39 Å². The summed E-state index contributed by atoms with van der Waals surface area (Å²) in [4.78, 5) is 0. The molecule has 0 heterocycles. The van der Waals surface area contributed by atoms with Crippen LogP contribution in [0.5, 0.6) is 0 Å². The van der Waals surface area contributed by atoms with Gasteiger partial charge in [-0.3, -0.25) is 0 Å². The maximum atomic E-state index is 12.6. The molecule has 1 unspecified atom stereocenters. The summed E-state index contributed by atoms with van der Waals surface area (Å²) in [6, 6.07) is 6.77. The molecule has 1 aromatic rings. The molecule has 0 amide bonds. The Morgan fingerprint density at radius 1 is 1.46 bits per heavy atom. The molecule has 70 valence electrons. The number of rotatable bonds is 4. The highest BCUT2D eigenvalue weighted by atomic mass is 19.1. The van der Waals surface area contributed by atoms with E-state index in [1.54, 1.807) is 12.1 Å². The molecule has 0 saturated carbocycles. The van der Waals surface area contributed by atoms with Crippen LogP contribution in [0.2, 0.25) is 0 Å². The van der Waals surface area contributed by atoms with Gasteiger partial charge in [-0.2, -0.15) is 0 Å². The molecular formula is C11H14FN. The average Bonchev–Trinajstić information content (AvgIpc) is 2.16. The average molecular weight is 179 g/mol. The third-order valence-corrected chi connectivity index (χ3v) is 2.02. The molecule has 0 fully saturated rings. The number of hydrogen-bond donors (Lipinski definition) is 1. The molecule has 0 saturated heterocycles. The van der Waals surface area contributed by atoms with Gasteiger partial charge in [0.15, 0.2) is 0 Å². The van der Waals surface area contributed by atoms with Crippen LogP contribution in [0.1, 0.15) is 18.0 Å². The largest absolute Gasteiger partial charge is 0.313 e. The second kappa shape index (κ2) is 4.77. The summed E-state index contributed by atoms with van der Waals surface area (Å²) in [5, 5.41) is 3.15. The van der Waals surface area contributed by atoms with Crippen LogP contribution in [-0.4, -0.2) is 7.05 Å². The van der Waals surface area contributed by atoms with Crippen molar-refractivity contribution in [2.24, 2.45) is 0 Å². The van der Waals surface area contributed by atoms with Crippen LogP contribution in [-0.2, 0) is 0 Å². The van der Waals surface area contributed by atoms with Crippen molar-refractivity contribution in [3.8, 4) is 0 Å². The van der Waals surface area contributed by atoms with E-state index in [2.05, 4.69) is 11.9 Å². The Kier molecular flexibility index (Phi) is 3.65. The fourth-order valence-corrected chi connectivity index (χ4v) is 1.28. The number of halogens is 1. The summed E-state index contributed by atoms with van der Waals surface area (Å²) >= 11 is 0. The van der Waals surface area contributed by atoms with Crippen molar-refractivity contribution in [1.82, 2.24) is 5.32 Å². The van der Waals surface area contributed by atoms with Crippen LogP contribution < -0.4 is 5.32 Å². The molecule has 0 aliphatic heterocycles. The van der Waals surface area contributed by atoms with Crippen molar-refractivity contribution in [1.29, 1.82) is 0 Å². The minimum absolute atomic E-state index is 0.197. The predicted octanol–water partition coefficient (Wildman–Crippen LogP) is 2.66. The highest BCUT2D eigenvalue weighted by molar-refractivity contribution is 5.20. The molecule has 0 bridgehead atoms. The number of nitrogens with one attached hydrogen (secondary N) is 1. The van der Waals surface area contributed by atoms with Crippen molar-refractivity contribution in [2.45, 2.75) is 12.5 Å². The van der Waals surface area contributed by atoms with E-state index in [1.165, 1.54) is 12.1 Å². The van der Waals surface area contributed by atoms with Crippen molar-refractivity contribution in [2.75, 3.05) is 7.05 Å². The van der Waals surface area contributed by atoms with Crippen molar-refractivity contribution in [3.05, 3.63) is 48.3 Å². The standard InChI is InChI=1S/C11H14FN/c1-3-4-11(13-2)9-5-7-10(12)8-6-9/h3,5-8,11,13H,1,4H2,2H3. The quantitative estimate of drug-likeness (QED) is 0.701. The third-order valence-electron chi connectivity index (χ3n) is 2.02. The van der Waals surface area contributed by atoms with Crippen LogP contribution in [0.15, 0.2) is 36.9 Å². The summed E-state index contributed by atoms with van der Waals surface area (Å²) in [7, 11) is 1.89. The van der Waals surface area contributed by atoms with Gasteiger partial charge in [-0.1, -0.05) is 18.2 Å². The SMILES string of the molecule is C=CCC(NC)c1ccc(F)cc1. The Hall–Kier alpha value is -1.15. The smallest absolute Gasteiger partial charge is 0.123 e. The van der Waals surface area contributed by atoms with Crippen LogP contribution in [0, 0.1) is 5.82 Å². The Labute approximate surface area is 78.3 Å². The lowest BCUT2D eigenvalue weighted by molar-refractivity contribution is 0.595. The van der Waals surface area contributed by atoms with E-state index in [9.17, 15) is 4.39 Å². The maximum absolute atomic E-state index is 12.6.